The number of carbonyl (C=O) groups is 1. The van der Waals surface area contributed by atoms with Gasteiger partial charge in [0.1, 0.15) is 0 Å². The van der Waals surface area contributed by atoms with E-state index in [9.17, 15) is 4.79 Å². The number of carbonyl (C=O) groups excluding carboxylic acids is 1. The van der Waals surface area contributed by atoms with Gasteiger partial charge in [-0.1, -0.05) is 0 Å². The molecule has 2 saturated carbocycles. The fourth-order valence-electron chi connectivity index (χ4n) is 4.56. The molecule has 3 aliphatic carbocycles. The Morgan fingerprint density at radius 2 is 2.00 bits per heavy atom. The number of benzene rings is 1. The number of Topliss-reactive ketones (excluding diaryl/α,β-unsaturated/α-hetero) is 1. The normalized spacial score (nSPS) is 42.9. The molecule has 0 saturated heterocycles. The second-order valence-corrected chi connectivity index (χ2v) is 9.11. The van der Waals surface area contributed by atoms with Crippen molar-refractivity contribution in [2.24, 2.45) is 23.7 Å². The Labute approximate surface area is 120 Å². The van der Waals surface area contributed by atoms with Gasteiger partial charge in [-0.25, -0.2) is 0 Å². The first kappa shape index (κ1) is 11.9. The van der Waals surface area contributed by atoms with E-state index in [0.29, 0.717) is 44.4 Å². The van der Waals surface area contributed by atoms with Crippen molar-refractivity contribution in [3.63, 3.8) is 0 Å². The van der Waals surface area contributed by atoms with E-state index in [-0.39, 0.29) is 4.31 Å². The summed E-state index contributed by atoms with van der Waals surface area (Å²) in [4.78, 5) is 12.4. The Morgan fingerprint density at radius 1 is 1.21 bits per heavy atom. The standard InChI is InChI=1S/C17H18OSe/c1-11-9-15(18)16-12-7-8-13(10-12)17(11,16)19-14-5-3-2-4-6-14/h2-8,11-13,16H,9-10H2,1H3/t11-,12-,13+,16+,17-/m1/s1. The van der Waals surface area contributed by atoms with Crippen molar-refractivity contribution in [1.29, 1.82) is 0 Å². The summed E-state index contributed by atoms with van der Waals surface area (Å²) < 4.78 is 1.74. The predicted molar refractivity (Wildman–Crippen MR) is 77.5 cm³/mol. The zero-order chi connectivity index (χ0) is 13.0. The molecule has 0 heterocycles. The van der Waals surface area contributed by atoms with Gasteiger partial charge in [0.25, 0.3) is 0 Å². The number of rotatable bonds is 2. The Hall–Kier alpha value is -0.851. The van der Waals surface area contributed by atoms with Gasteiger partial charge in [0.05, 0.1) is 0 Å². The number of allylic oxidation sites excluding steroid dienone is 2. The second kappa shape index (κ2) is 4.07. The van der Waals surface area contributed by atoms with E-state index >= 15 is 0 Å². The average molecular weight is 317 g/mol. The van der Waals surface area contributed by atoms with Crippen molar-refractivity contribution in [3.8, 4) is 0 Å². The maximum absolute atomic E-state index is 12.4. The molecule has 2 heteroatoms. The van der Waals surface area contributed by atoms with Gasteiger partial charge in [-0.05, 0) is 0 Å². The molecule has 4 rings (SSSR count). The minimum absolute atomic E-state index is 0.283. The van der Waals surface area contributed by atoms with Crippen LogP contribution in [0.15, 0.2) is 42.5 Å². The SMILES string of the molecule is C[C@@H]1CC(=O)[C@@H]2[C@@H]3C=C[C@@H](C3)[C@]12[Se]c1ccccc1. The Kier molecular flexibility index (Phi) is 2.56. The van der Waals surface area contributed by atoms with E-state index in [0.717, 1.165) is 6.42 Å². The Bertz CT molecular complexity index is 550. The van der Waals surface area contributed by atoms with Crippen LogP contribution in [0.1, 0.15) is 19.8 Å². The van der Waals surface area contributed by atoms with Crippen LogP contribution in [0.4, 0.5) is 0 Å². The van der Waals surface area contributed by atoms with E-state index in [1.54, 1.807) is 0 Å². The van der Waals surface area contributed by atoms with Gasteiger partial charge in [-0.3, -0.25) is 0 Å². The molecule has 0 amide bonds. The van der Waals surface area contributed by atoms with E-state index in [2.05, 4.69) is 49.4 Å². The second-order valence-electron chi connectivity index (χ2n) is 6.21. The molecule has 1 aromatic rings. The first-order chi connectivity index (χ1) is 9.22. The zero-order valence-electron chi connectivity index (χ0n) is 11.1. The van der Waals surface area contributed by atoms with Crippen LogP contribution in [-0.2, 0) is 4.79 Å². The monoisotopic (exact) mass is 318 g/mol. The van der Waals surface area contributed by atoms with Crippen molar-refractivity contribution < 1.29 is 4.79 Å². The van der Waals surface area contributed by atoms with Gasteiger partial charge in [0.2, 0.25) is 0 Å². The van der Waals surface area contributed by atoms with Gasteiger partial charge >= 0.3 is 120 Å². The van der Waals surface area contributed by atoms with Crippen molar-refractivity contribution in [2.75, 3.05) is 0 Å². The minimum atomic E-state index is 0.283. The van der Waals surface area contributed by atoms with Gasteiger partial charge in [0, 0.05) is 0 Å². The molecular weight excluding hydrogens is 299 g/mol. The quantitative estimate of drug-likeness (QED) is 0.605. The van der Waals surface area contributed by atoms with Crippen LogP contribution in [0, 0.1) is 23.7 Å². The average Bonchev–Trinajstić information content (AvgIpc) is 3.05. The maximum atomic E-state index is 12.4. The first-order valence-corrected chi connectivity index (χ1v) is 8.88. The molecule has 0 aromatic heterocycles. The number of fused-ring (bicyclic) bond motifs is 5. The van der Waals surface area contributed by atoms with E-state index in [1.165, 1.54) is 10.9 Å². The molecule has 5 atom stereocenters. The summed E-state index contributed by atoms with van der Waals surface area (Å²) in [5.41, 5.74) is 0. The number of hydrogen-bond acceptors (Lipinski definition) is 1. The summed E-state index contributed by atoms with van der Waals surface area (Å²) in [6.07, 6.45) is 6.79. The third-order valence-electron chi connectivity index (χ3n) is 5.27. The number of ketones is 1. The van der Waals surface area contributed by atoms with Crippen LogP contribution in [-0.4, -0.2) is 20.7 Å². The number of hydrogen-bond donors (Lipinski definition) is 0. The molecule has 0 aliphatic heterocycles. The molecule has 0 unspecified atom stereocenters. The van der Waals surface area contributed by atoms with Gasteiger partial charge in [0.15, 0.2) is 0 Å². The molecule has 2 fully saturated rings. The molecule has 0 N–H and O–H groups in total. The summed E-state index contributed by atoms with van der Waals surface area (Å²) >= 11 is 0.411. The summed E-state index contributed by atoms with van der Waals surface area (Å²) in [5, 5.41) is 0. The van der Waals surface area contributed by atoms with E-state index in [4.69, 9.17) is 0 Å². The summed E-state index contributed by atoms with van der Waals surface area (Å²) in [7, 11) is 0. The van der Waals surface area contributed by atoms with E-state index in [1.807, 2.05) is 0 Å². The summed E-state index contributed by atoms with van der Waals surface area (Å²) in [6, 6.07) is 10.8. The van der Waals surface area contributed by atoms with E-state index < -0.39 is 0 Å². The topological polar surface area (TPSA) is 17.1 Å². The van der Waals surface area contributed by atoms with Crippen LogP contribution in [0.5, 0.6) is 0 Å². The Morgan fingerprint density at radius 3 is 2.79 bits per heavy atom. The van der Waals surface area contributed by atoms with Crippen molar-refractivity contribution in [1.82, 2.24) is 0 Å². The van der Waals surface area contributed by atoms with Crippen LogP contribution < -0.4 is 4.46 Å². The third-order valence-corrected chi connectivity index (χ3v) is 9.09. The van der Waals surface area contributed by atoms with Gasteiger partial charge < -0.3 is 0 Å². The van der Waals surface area contributed by atoms with Crippen molar-refractivity contribution in [3.05, 3.63) is 42.5 Å². The van der Waals surface area contributed by atoms with Crippen LogP contribution in [0.25, 0.3) is 0 Å². The van der Waals surface area contributed by atoms with Crippen LogP contribution >= 0.6 is 0 Å². The van der Waals surface area contributed by atoms with Crippen molar-refractivity contribution >= 4 is 25.2 Å². The molecule has 0 radical (unpaired) electrons. The van der Waals surface area contributed by atoms with Crippen molar-refractivity contribution in [2.45, 2.75) is 24.1 Å². The molecular formula is C17H18OSe. The zero-order valence-corrected chi connectivity index (χ0v) is 12.8. The molecule has 0 spiro atoms. The molecule has 3 aliphatic rings. The van der Waals surface area contributed by atoms with Crippen LogP contribution in [0.2, 0.25) is 4.31 Å². The third kappa shape index (κ3) is 1.50. The van der Waals surface area contributed by atoms with Crippen LogP contribution in [0.3, 0.4) is 0 Å². The molecule has 98 valence electrons. The Balaban J connectivity index is 1.78. The summed E-state index contributed by atoms with van der Waals surface area (Å²) in [5.74, 6) is 2.64. The predicted octanol–water partition coefficient (Wildman–Crippen LogP) is 2.61. The van der Waals surface area contributed by atoms with Gasteiger partial charge in [-0.2, -0.15) is 0 Å². The fourth-order valence-corrected chi connectivity index (χ4v) is 8.22. The fraction of sp³-hybridized carbons (Fsp3) is 0.471. The van der Waals surface area contributed by atoms with Gasteiger partial charge in [-0.15, -0.1) is 0 Å². The summed E-state index contributed by atoms with van der Waals surface area (Å²) in [6.45, 7) is 2.32. The molecule has 1 nitrogen and oxygen atoms in total. The molecule has 1 aromatic carbocycles. The first-order valence-electron chi connectivity index (χ1n) is 7.17. The molecule has 2 bridgehead atoms. The molecule has 19 heavy (non-hydrogen) atoms.